The fraction of sp³-hybridized carbons (Fsp3) is 0.400. The van der Waals surface area contributed by atoms with E-state index in [2.05, 4.69) is 15.4 Å². The second-order valence-electron chi connectivity index (χ2n) is 5.55. The van der Waals surface area contributed by atoms with Crippen molar-refractivity contribution in [2.45, 2.75) is 25.1 Å². The molecule has 1 aliphatic heterocycles. The van der Waals surface area contributed by atoms with Crippen LogP contribution in [0.2, 0.25) is 0 Å². The summed E-state index contributed by atoms with van der Waals surface area (Å²) in [5.74, 6) is -2.07. The fourth-order valence-electron chi connectivity index (χ4n) is 2.79. The maximum absolute atomic E-state index is 12.6. The van der Waals surface area contributed by atoms with E-state index in [1.165, 1.54) is 0 Å². The van der Waals surface area contributed by atoms with Crippen LogP contribution in [0.4, 0.5) is 19.1 Å². The van der Waals surface area contributed by atoms with Crippen molar-refractivity contribution in [3.63, 3.8) is 0 Å². The molecule has 1 fully saturated rings. The predicted molar refractivity (Wildman–Crippen MR) is 80.0 cm³/mol. The highest BCUT2D eigenvalue weighted by Crippen LogP contribution is 2.28. The summed E-state index contributed by atoms with van der Waals surface area (Å²) in [6, 6.07) is 8.54. The Morgan fingerprint density at radius 3 is 2.46 bits per heavy atom. The molecule has 1 saturated heterocycles. The first-order valence-corrected chi connectivity index (χ1v) is 7.54. The summed E-state index contributed by atoms with van der Waals surface area (Å²) < 4.78 is 37.7. The lowest BCUT2D eigenvalue weighted by atomic mass is 10.0. The average molecular weight is 339 g/mol. The van der Waals surface area contributed by atoms with Crippen LogP contribution in [0.1, 0.15) is 30.3 Å². The topological polar surface area (TPSA) is 73.9 Å². The first-order chi connectivity index (χ1) is 11.4. The van der Waals surface area contributed by atoms with Gasteiger partial charge in [0.05, 0.1) is 0 Å². The van der Waals surface area contributed by atoms with Gasteiger partial charge in [0.25, 0.3) is 0 Å². The van der Waals surface area contributed by atoms with E-state index in [1.807, 2.05) is 35.2 Å². The summed E-state index contributed by atoms with van der Waals surface area (Å²) in [7, 11) is 0. The molecule has 1 amide bonds. The number of rotatable bonds is 4. The number of hydrogen-bond donors (Lipinski definition) is 2. The number of H-pyrrole nitrogens is 1. The number of anilines is 1. The summed E-state index contributed by atoms with van der Waals surface area (Å²) >= 11 is 0. The van der Waals surface area contributed by atoms with E-state index < -0.39 is 23.9 Å². The molecule has 3 rings (SSSR count). The van der Waals surface area contributed by atoms with Crippen molar-refractivity contribution in [1.82, 2.24) is 20.1 Å². The monoisotopic (exact) mass is 339 g/mol. The number of nitrogens with zero attached hydrogens (tertiary/aromatic N) is 3. The third-order valence-corrected chi connectivity index (χ3v) is 3.86. The molecule has 0 spiro atoms. The number of likely N-dealkylation sites (tertiary alicyclic amines) is 1. The third kappa shape index (κ3) is 3.56. The summed E-state index contributed by atoms with van der Waals surface area (Å²) in [4.78, 5) is 17.9. The summed E-state index contributed by atoms with van der Waals surface area (Å²) in [6.07, 6.45) is -2.67. The molecule has 9 heteroatoms. The molecule has 24 heavy (non-hydrogen) atoms. The Bertz CT molecular complexity index is 695. The van der Waals surface area contributed by atoms with E-state index in [0.717, 1.165) is 31.5 Å². The molecule has 1 aromatic heterocycles. The molecular formula is C15H16F3N5O. The Morgan fingerprint density at radius 2 is 1.88 bits per heavy atom. The molecular weight excluding hydrogens is 323 g/mol. The molecule has 0 radical (unpaired) electrons. The summed E-state index contributed by atoms with van der Waals surface area (Å²) in [5, 5.41) is 7.58. The number of hydrogen-bond acceptors (Lipinski definition) is 4. The largest absolute Gasteiger partial charge is 0.451 e. The number of nitrogens with one attached hydrogen (secondary N) is 2. The number of aromatic amines is 1. The molecule has 128 valence electrons. The number of carbonyl (C=O) groups is 1. The van der Waals surface area contributed by atoms with Gasteiger partial charge in [0.15, 0.2) is 0 Å². The predicted octanol–water partition coefficient (Wildman–Crippen LogP) is 2.60. The lowest BCUT2D eigenvalue weighted by molar-refractivity contribution is -0.144. The van der Waals surface area contributed by atoms with E-state index in [4.69, 9.17) is 0 Å². The van der Waals surface area contributed by atoms with Crippen molar-refractivity contribution in [2.75, 3.05) is 18.4 Å². The molecule has 6 nitrogen and oxygen atoms in total. The van der Waals surface area contributed by atoms with Crippen molar-refractivity contribution >= 4 is 11.9 Å². The van der Waals surface area contributed by atoms with Gasteiger partial charge in [-0.15, -0.1) is 5.10 Å². The van der Waals surface area contributed by atoms with Crippen LogP contribution >= 0.6 is 0 Å². The molecule has 0 aliphatic carbocycles. The Hall–Kier alpha value is -2.42. The Labute approximate surface area is 136 Å². The molecule has 1 aromatic carbocycles. The number of amides is 1. The van der Waals surface area contributed by atoms with Crippen LogP contribution in [0.5, 0.6) is 0 Å². The Kier molecular flexibility index (Phi) is 4.52. The highest BCUT2D eigenvalue weighted by molar-refractivity contribution is 5.94. The minimum atomic E-state index is -4.64. The molecule has 1 unspecified atom stereocenters. The van der Waals surface area contributed by atoms with Gasteiger partial charge in [-0.2, -0.15) is 18.2 Å². The minimum Gasteiger partial charge on any atom is -0.292 e. The van der Waals surface area contributed by atoms with Crippen LogP contribution in [-0.2, 0) is 11.0 Å². The average Bonchev–Trinajstić information content (AvgIpc) is 3.20. The van der Waals surface area contributed by atoms with Gasteiger partial charge in [-0.1, -0.05) is 30.3 Å². The first kappa shape index (κ1) is 16.4. The Morgan fingerprint density at radius 1 is 1.21 bits per heavy atom. The van der Waals surface area contributed by atoms with Crippen LogP contribution in [0.3, 0.4) is 0 Å². The zero-order valence-corrected chi connectivity index (χ0v) is 12.7. The molecule has 1 aliphatic rings. The second-order valence-corrected chi connectivity index (χ2v) is 5.55. The van der Waals surface area contributed by atoms with Crippen molar-refractivity contribution in [3.05, 3.63) is 41.7 Å². The van der Waals surface area contributed by atoms with Crippen molar-refractivity contribution in [2.24, 2.45) is 0 Å². The van der Waals surface area contributed by atoms with E-state index in [-0.39, 0.29) is 5.95 Å². The minimum absolute atomic E-state index is 0.382. The maximum Gasteiger partial charge on any atom is 0.451 e. The van der Waals surface area contributed by atoms with E-state index in [9.17, 15) is 18.0 Å². The normalized spacial score (nSPS) is 17.0. The first-order valence-electron chi connectivity index (χ1n) is 7.54. The van der Waals surface area contributed by atoms with Crippen molar-refractivity contribution in [1.29, 1.82) is 0 Å². The fourth-order valence-corrected chi connectivity index (χ4v) is 2.79. The van der Waals surface area contributed by atoms with Gasteiger partial charge in [-0.3, -0.25) is 20.1 Å². The number of carbonyl (C=O) groups excluding carboxylic acids is 1. The highest BCUT2D eigenvalue weighted by atomic mass is 19.4. The van der Waals surface area contributed by atoms with Crippen LogP contribution in [-0.4, -0.2) is 39.1 Å². The zero-order chi connectivity index (χ0) is 17.2. The lowest BCUT2D eigenvalue weighted by Crippen LogP contribution is -2.35. The van der Waals surface area contributed by atoms with E-state index in [1.54, 1.807) is 5.10 Å². The maximum atomic E-state index is 12.6. The van der Waals surface area contributed by atoms with Gasteiger partial charge in [-0.25, -0.2) is 0 Å². The third-order valence-electron chi connectivity index (χ3n) is 3.86. The number of alkyl halides is 3. The van der Waals surface area contributed by atoms with Gasteiger partial charge in [0.1, 0.15) is 6.04 Å². The molecule has 1 atom stereocenters. The van der Waals surface area contributed by atoms with Gasteiger partial charge in [0, 0.05) is 0 Å². The number of benzene rings is 1. The highest BCUT2D eigenvalue weighted by Gasteiger charge is 2.36. The quantitative estimate of drug-likeness (QED) is 0.898. The molecule has 2 heterocycles. The second kappa shape index (κ2) is 6.60. The molecule has 0 bridgehead atoms. The molecule has 2 N–H and O–H groups in total. The van der Waals surface area contributed by atoms with Crippen LogP contribution in [0, 0.1) is 0 Å². The van der Waals surface area contributed by atoms with E-state index in [0.29, 0.717) is 0 Å². The summed E-state index contributed by atoms with van der Waals surface area (Å²) in [6.45, 7) is 1.52. The SMILES string of the molecule is O=C(Nc1n[nH]c(C(F)(F)F)n1)C(c1ccccc1)N1CCCC1. The van der Waals surface area contributed by atoms with Crippen molar-refractivity contribution < 1.29 is 18.0 Å². The van der Waals surface area contributed by atoms with Gasteiger partial charge < -0.3 is 0 Å². The van der Waals surface area contributed by atoms with Crippen LogP contribution < -0.4 is 5.32 Å². The smallest absolute Gasteiger partial charge is 0.292 e. The summed E-state index contributed by atoms with van der Waals surface area (Å²) in [5.41, 5.74) is 0.781. The zero-order valence-electron chi connectivity index (χ0n) is 12.7. The van der Waals surface area contributed by atoms with Crippen molar-refractivity contribution in [3.8, 4) is 0 Å². The standard InChI is InChI=1S/C15H16F3N5O/c16-15(17,18)13-20-14(22-21-13)19-12(24)11(23-8-4-5-9-23)10-6-2-1-3-7-10/h1-3,6-7,11H,4-5,8-9H2,(H2,19,20,21,22,24). The van der Waals surface area contributed by atoms with Gasteiger partial charge in [0.2, 0.25) is 17.7 Å². The van der Waals surface area contributed by atoms with Gasteiger partial charge >= 0.3 is 6.18 Å². The lowest BCUT2D eigenvalue weighted by Gasteiger charge is -2.26. The molecule has 0 saturated carbocycles. The van der Waals surface area contributed by atoms with Gasteiger partial charge in [-0.05, 0) is 31.5 Å². The Balaban J connectivity index is 1.80. The number of halogens is 3. The molecule has 2 aromatic rings. The van der Waals surface area contributed by atoms with E-state index >= 15 is 0 Å². The van der Waals surface area contributed by atoms with Crippen LogP contribution in [0.25, 0.3) is 0 Å². The number of aromatic nitrogens is 3. The van der Waals surface area contributed by atoms with Crippen LogP contribution in [0.15, 0.2) is 30.3 Å².